The van der Waals surface area contributed by atoms with Crippen molar-refractivity contribution in [3.8, 4) is 10.7 Å². The molecular formula is C11H8Cl2N2S. The van der Waals surface area contributed by atoms with Crippen LogP contribution in [0.4, 0.5) is 0 Å². The molecule has 2 aromatic heterocycles. The summed E-state index contributed by atoms with van der Waals surface area (Å²) in [5, 5.41) is 4.08. The number of thiazole rings is 1. The van der Waals surface area contributed by atoms with Crippen LogP contribution in [-0.2, 0) is 0 Å². The summed E-state index contributed by atoms with van der Waals surface area (Å²) in [5.74, 6) is 0.663. The molecule has 1 aliphatic rings. The number of hydrogen-bond donors (Lipinski definition) is 0. The average Bonchev–Trinajstić information content (AvgIpc) is 2.98. The van der Waals surface area contributed by atoms with Crippen LogP contribution in [0, 0.1) is 0 Å². The first kappa shape index (κ1) is 10.5. The fourth-order valence-corrected chi connectivity index (χ4v) is 2.97. The Labute approximate surface area is 107 Å². The van der Waals surface area contributed by atoms with E-state index in [0.29, 0.717) is 16.0 Å². The first-order chi connectivity index (χ1) is 7.74. The highest BCUT2D eigenvalue weighted by Gasteiger charge is 2.26. The molecule has 2 aromatic rings. The summed E-state index contributed by atoms with van der Waals surface area (Å²) in [6.45, 7) is 0. The van der Waals surface area contributed by atoms with Gasteiger partial charge < -0.3 is 0 Å². The van der Waals surface area contributed by atoms with Gasteiger partial charge >= 0.3 is 0 Å². The Balaban J connectivity index is 2.00. The van der Waals surface area contributed by atoms with Gasteiger partial charge in [0, 0.05) is 17.5 Å². The van der Waals surface area contributed by atoms with Gasteiger partial charge in [0.15, 0.2) is 0 Å². The van der Waals surface area contributed by atoms with E-state index in [9.17, 15) is 0 Å². The van der Waals surface area contributed by atoms with Crippen molar-refractivity contribution in [1.82, 2.24) is 9.97 Å². The number of nitrogens with zero attached hydrogens (tertiary/aromatic N) is 2. The van der Waals surface area contributed by atoms with E-state index in [1.54, 1.807) is 23.6 Å². The Morgan fingerprint density at radius 2 is 2.12 bits per heavy atom. The third kappa shape index (κ3) is 1.95. The zero-order valence-electron chi connectivity index (χ0n) is 8.28. The van der Waals surface area contributed by atoms with Crippen LogP contribution in [0.1, 0.15) is 24.5 Å². The fourth-order valence-electron chi connectivity index (χ4n) is 1.53. The molecule has 0 spiro atoms. The van der Waals surface area contributed by atoms with Crippen molar-refractivity contribution in [2.45, 2.75) is 18.8 Å². The lowest BCUT2D eigenvalue weighted by molar-refractivity contribution is 1.05. The monoisotopic (exact) mass is 270 g/mol. The van der Waals surface area contributed by atoms with Gasteiger partial charge in [-0.3, -0.25) is 4.98 Å². The minimum absolute atomic E-state index is 0.549. The van der Waals surface area contributed by atoms with E-state index in [1.807, 2.05) is 0 Å². The molecule has 1 fully saturated rings. The van der Waals surface area contributed by atoms with Crippen LogP contribution in [0.2, 0.25) is 10.0 Å². The normalized spacial score (nSPS) is 15.4. The van der Waals surface area contributed by atoms with Gasteiger partial charge in [0.2, 0.25) is 0 Å². The fraction of sp³-hybridized carbons (Fsp3) is 0.273. The van der Waals surface area contributed by atoms with Crippen molar-refractivity contribution in [2.75, 3.05) is 0 Å². The maximum Gasteiger partial charge on any atom is 0.143 e. The molecule has 0 N–H and O–H groups in total. The van der Waals surface area contributed by atoms with Gasteiger partial charge in [-0.2, -0.15) is 0 Å². The third-order valence-corrected chi connectivity index (χ3v) is 3.89. The Bertz CT molecular complexity index is 535. The number of halogens is 2. The van der Waals surface area contributed by atoms with Crippen molar-refractivity contribution in [3.63, 3.8) is 0 Å². The second-order valence-corrected chi connectivity index (χ2v) is 5.54. The highest BCUT2D eigenvalue weighted by molar-refractivity contribution is 7.13. The van der Waals surface area contributed by atoms with Gasteiger partial charge in [-0.25, -0.2) is 4.98 Å². The summed E-state index contributed by atoms with van der Waals surface area (Å²) in [5.41, 5.74) is 1.90. The van der Waals surface area contributed by atoms with E-state index in [2.05, 4.69) is 15.3 Å². The summed E-state index contributed by atoms with van der Waals surface area (Å²) in [4.78, 5) is 8.79. The molecule has 0 radical (unpaired) electrons. The number of pyridine rings is 1. The Kier molecular flexibility index (Phi) is 2.62. The quantitative estimate of drug-likeness (QED) is 0.809. The van der Waals surface area contributed by atoms with Crippen molar-refractivity contribution in [2.24, 2.45) is 0 Å². The maximum atomic E-state index is 6.09. The van der Waals surface area contributed by atoms with E-state index in [1.165, 1.54) is 18.5 Å². The lowest BCUT2D eigenvalue weighted by Gasteiger charge is -1.99. The molecule has 1 aliphatic carbocycles. The van der Waals surface area contributed by atoms with Gasteiger partial charge in [0.25, 0.3) is 0 Å². The van der Waals surface area contributed by atoms with E-state index >= 15 is 0 Å². The molecule has 0 aromatic carbocycles. The molecule has 82 valence electrons. The zero-order chi connectivity index (χ0) is 11.1. The van der Waals surface area contributed by atoms with Crippen molar-refractivity contribution in [1.29, 1.82) is 0 Å². The van der Waals surface area contributed by atoms with Crippen LogP contribution >= 0.6 is 34.5 Å². The number of aromatic nitrogens is 2. The highest BCUT2D eigenvalue weighted by Crippen LogP contribution is 2.42. The second-order valence-electron chi connectivity index (χ2n) is 3.84. The summed E-state index contributed by atoms with van der Waals surface area (Å²) < 4.78 is 0. The van der Waals surface area contributed by atoms with Gasteiger partial charge in [-0.1, -0.05) is 23.2 Å². The summed E-state index contributed by atoms with van der Waals surface area (Å²) in [7, 11) is 0. The molecule has 3 rings (SSSR count). The van der Waals surface area contributed by atoms with Gasteiger partial charge in [0.05, 0.1) is 15.7 Å². The molecule has 0 unspecified atom stereocenters. The van der Waals surface area contributed by atoms with Gasteiger partial charge in [0.1, 0.15) is 10.7 Å². The first-order valence-corrected chi connectivity index (χ1v) is 6.64. The van der Waals surface area contributed by atoms with E-state index in [0.717, 1.165) is 10.7 Å². The SMILES string of the molecule is Clc1cnc(-c2nc(C3CC3)cs2)c(Cl)c1. The van der Waals surface area contributed by atoms with Crippen molar-refractivity contribution < 1.29 is 0 Å². The highest BCUT2D eigenvalue weighted by atomic mass is 35.5. The number of hydrogen-bond acceptors (Lipinski definition) is 3. The van der Waals surface area contributed by atoms with E-state index in [4.69, 9.17) is 23.2 Å². The van der Waals surface area contributed by atoms with Crippen LogP contribution in [0.5, 0.6) is 0 Å². The zero-order valence-corrected chi connectivity index (χ0v) is 10.6. The molecule has 5 heteroatoms. The van der Waals surface area contributed by atoms with Crippen LogP contribution < -0.4 is 0 Å². The van der Waals surface area contributed by atoms with Crippen LogP contribution in [0.3, 0.4) is 0 Å². The summed E-state index contributed by atoms with van der Waals surface area (Å²) in [6, 6.07) is 1.70. The van der Waals surface area contributed by atoms with Gasteiger partial charge in [-0.15, -0.1) is 11.3 Å². The lowest BCUT2D eigenvalue weighted by atomic mass is 10.3. The summed E-state index contributed by atoms with van der Waals surface area (Å²) >= 11 is 13.5. The smallest absolute Gasteiger partial charge is 0.143 e. The molecule has 1 saturated carbocycles. The largest absolute Gasteiger partial charge is 0.251 e. The molecule has 0 aliphatic heterocycles. The molecular weight excluding hydrogens is 263 g/mol. The Hall–Kier alpha value is -0.640. The molecule has 2 heterocycles. The lowest BCUT2D eigenvalue weighted by Crippen LogP contribution is -1.85. The van der Waals surface area contributed by atoms with Gasteiger partial charge in [-0.05, 0) is 18.9 Å². The first-order valence-electron chi connectivity index (χ1n) is 5.01. The van der Waals surface area contributed by atoms with Crippen molar-refractivity contribution in [3.05, 3.63) is 33.4 Å². The van der Waals surface area contributed by atoms with Crippen LogP contribution in [0.25, 0.3) is 10.7 Å². The molecule has 0 amide bonds. The molecule has 0 bridgehead atoms. The average molecular weight is 271 g/mol. The topological polar surface area (TPSA) is 25.8 Å². The maximum absolute atomic E-state index is 6.09. The van der Waals surface area contributed by atoms with Crippen molar-refractivity contribution >= 4 is 34.5 Å². The standard InChI is InChI=1S/C11H8Cl2N2S/c12-7-3-8(13)10(14-4-7)11-15-9(5-16-11)6-1-2-6/h3-6H,1-2H2. The predicted molar refractivity (Wildman–Crippen MR) is 67.3 cm³/mol. The molecule has 2 nitrogen and oxygen atoms in total. The summed E-state index contributed by atoms with van der Waals surface area (Å²) in [6.07, 6.45) is 4.11. The van der Waals surface area contributed by atoms with E-state index < -0.39 is 0 Å². The number of rotatable bonds is 2. The Morgan fingerprint density at radius 1 is 1.31 bits per heavy atom. The molecule has 0 atom stereocenters. The van der Waals surface area contributed by atoms with Crippen LogP contribution in [0.15, 0.2) is 17.6 Å². The molecule has 0 saturated heterocycles. The predicted octanol–water partition coefficient (Wildman–Crippen LogP) is 4.39. The third-order valence-electron chi connectivity index (χ3n) is 2.53. The van der Waals surface area contributed by atoms with E-state index in [-0.39, 0.29) is 0 Å². The molecule has 16 heavy (non-hydrogen) atoms. The second kappa shape index (κ2) is 3.99. The van der Waals surface area contributed by atoms with Crippen LogP contribution in [-0.4, -0.2) is 9.97 Å². The minimum atomic E-state index is 0.549. The minimum Gasteiger partial charge on any atom is -0.251 e. The Morgan fingerprint density at radius 3 is 2.81 bits per heavy atom.